The van der Waals surface area contributed by atoms with Crippen LogP contribution in [0.5, 0.6) is 11.5 Å². The predicted molar refractivity (Wildman–Crippen MR) is 133 cm³/mol. The van der Waals surface area contributed by atoms with E-state index in [1.54, 1.807) is 25.2 Å². The number of imide groups is 1. The monoisotopic (exact) mass is 490 g/mol. The van der Waals surface area contributed by atoms with Crippen molar-refractivity contribution >= 4 is 23.1 Å². The molecule has 10 nitrogen and oxygen atoms in total. The number of methoxy groups -OCH3 is 2. The second-order valence-corrected chi connectivity index (χ2v) is 8.40. The van der Waals surface area contributed by atoms with Crippen molar-refractivity contribution in [1.29, 1.82) is 0 Å². The first-order valence-electron chi connectivity index (χ1n) is 11.5. The van der Waals surface area contributed by atoms with Crippen molar-refractivity contribution in [2.24, 2.45) is 7.05 Å². The van der Waals surface area contributed by atoms with Crippen molar-refractivity contribution in [3.05, 3.63) is 70.1 Å². The summed E-state index contributed by atoms with van der Waals surface area (Å²) in [5.41, 5.74) is 1.53. The number of H-pyrrole nitrogens is 1. The first-order chi connectivity index (χ1) is 17.5. The van der Waals surface area contributed by atoms with Gasteiger partial charge in [-0.1, -0.05) is 30.3 Å². The zero-order valence-electron chi connectivity index (χ0n) is 20.2. The molecule has 2 aliphatic heterocycles. The third-order valence-corrected chi connectivity index (χ3v) is 6.37. The molecule has 2 aromatic carbocycles. The van der Waals surface area contributed by atoms with E-state index in [9.17, 15) is 14.4 Å². The second-order valence-electron chi connectivity index (χ2n) is 8.40. The third kappa shape index (κ3) is 3.75. The maximum absolute atomic E-state index is 14.0. The number of morpholine rings is 1. The Hall–Kier alpha value is -4.31. The molecule has 1 fully saturated rings. The van der Waals surface area contributed by atoms with E-state index in [-0.39, 0.29) is 16.8 Å². The van der Waals surface area contributed by atoms with Crippen LogP contribution in [-0.2, 0) is 21.4 Å². The van der Waals surface area contributed by atoms with Crippen molar-refractivity contribution in [2.45, 2.75) is 0 Å². The summed E-state index contributed by atoms with van der Waals surface area (Å²) in [6, 6.07) is 14.1. The van der Waals surface area contributed by atoms with Gasteiger partial charge in [0.1, 0.15) is 5.70 Å². The summed E-state index contributed by atoms with van der Waals surface area (Å²) in [5, 5.41) is 3.06. The number of aromatic nitrogens is 2. The molecule has 0 unspecified atom stereocenters. The van der Waals surface area contributed by atoms with Gasteiger partial charge in [-0.05, 0) is 12.1 Å². The molecule has 5 rings (SSSR count). The highest BCUT2D eigenvalue weighted by Crippen LogP contribution is 2.39. The number of hydrogen-bond acceptors (Lipinski definition) is 7. The molecular weight excluding hydrogens is 464 g/mol. The van der Waals surface area contributed by atoms with Crippen LogP contribution in [0.15, 0.2) is 59.0 Å². The minimum atomic E-state index is -0.581. The predicted octanol–water partition coefficient (Wildman–Crippen LogP) is 2.01. The number of amides is 2. The van der Waals surface area contributed by atoms with Gasteiger partial charge in [-0.2, -0.15) is 0 Å². The Morgan fingerprint density at radius 1 is 0.889 bits per heavy atom. The van der Waals surface area contributed by atoms with Crippen LogP contribution in [0, 0.1) is 0 Å². The normalized spacial score (nSPS) is 16.2. The van der Waals surface area contributed by atoms with Gasteiger partial charge < -0.3 is 19.1 Å². The lowest BCUT2D eigenvalue weighted by atomic mass is 10.00. The summed E-state index contributed by atoms with van der Waals surface area (Å²) in [5.74, 6) is -0.249. The van der Waals surface area contributed by atoms with Gasteiger partial charge in [0.05, 0.1) is 50.0 Å². The molecule has 186 valence electrons. The molecule has 1 N–H and O–H groups in total. The van der Waals surface area contributed by atoms with Gasteiger partial charge in [0.15, 0.2) is 11.5 Å². The van der Waals surface area contributed by atoms with Gasteiger partial charge in [-0.3, -0.25) is 24.2 Å². The molecule has 0 atom stereocenters. The van der Waals surface area contributed by atoms with Gasteiger partial charge in [0.2, 0.25) is 0 Å². The Labute approximate surface area is 207 Å². The lowest BCUT2D eigenvalue weighted by molar-refractivity contribution is -0.121. The summed E-state index contributed by atoms with van der Waals surface area (Å²) < 4.78 is 17.5. The van der Waals surface area contributed by atoms with E-state index in [2.05, 4.69) is 5.10 Å². The summed E-state index contributed by atoms with van der Waals surface area (Å²) >= 11 is 0. The van der Waals surface area contributed by atoms with Crippen LogP contribution in [0.3, 0.4) is 0 Å². The minimum Gasteiger partial charge on any atom is -0.493 e. The number of rotatable bonds is 6. The fourth-order valence-corrected chi connectivity index (χ4v) is 4.62. The van der Waals surface area contributed by atoms with Crippen molar-refractivity contribution in [3.8, 4) is 22.8 Å². The Balaban J connectivity index is 1.71. The lowest BCUT2D eigenvalue weighted by Gasteiger charge is -2.29. The quantitative estimate of drug-likeness (QED) is 0.527. The Morgan fingerprint density at radius 3 is 2.25 bits per heavy atom. The highest BCUT2D eigenvalue weighted by atomic mass is 16.5. The van der Waals surface area contributed by atoms with E-state index in [0.717, 1.165) is 10.5 Å². The second kappa shape index (κ2) is 9.38. The molecule has 0 radical (unpaired) electrons. The van der Waals surface area contributed by atoms with Gasteiger partial charge in [0, 0.05) is 31.8 Å². The number of anilines is 1. The molecule has 1 saturated heterocycles. The van der Waals surface area contributed by atoms with Gasteiger partial charge in [-0.15, -0.1) is 0 Å². The molecule has 2 aliphatic rings. The number of nitrogens with one attached hydrogen (secondary N) is 1. The maximum atomic E-state index is 14.0. The van der Waals surface area contributed by atoms with Gasteiger partial charge in [0.25, 0.3) is 17.4 Å². The Morgan fingerprint density at radius 2 is 1.58 bits per heavy atom. The number of hydrogen-bond donors (Lipinski definition) is 1. The largest absolute Gasteiger partial charge is 0.493 e. The van der Waals surface area contributed by atoms with E-state index in [0.29, 0.717) is 49.2 Å². The Bertz CT molecular complexity index is 1420. The van der Waals surface area contributed by atoms with Crippen LogP contribution in [0.1, 0.15) is 5.56 Å². The fourth-order valence-electron chi connectivity index (χ4n) is 4.62. The van der Waals surface area contributed by atoms with Crippen molar-refractivity contribution in [1.82, 2.24) is 14.7 Å². The van der Waals surface area contributed by atoms with Crippen LogP contribution >= 0.6 is 0 Å². The molecule has 1 aromatic heterocycles. The van der Waals surface area contributed by atoms with Crippen molar-refractivity contribution < 1.29 is 23.8 Å². The number of ether oxygens (including phenoxy) is 3. The number of nitrogens with zero attached hydrogens (tertiary/aromatic N) is 3. The summed E-state index contributed by atoms with van der Waals surface area (Å²) in [4.78, 5) is 44.2. The maximum Gasteiger partial charge on any atom is 0.282 e. The first kappa shape index (κ1) is 23.4. The molecule has 10 heteroatoms. The molecule has 3 aromatic rings. The molecular formula is C26H26N4O6. The summed E-state index contributed by atoms with van der Waals surface area (Å²) in [7, 11) is 4.57. The lowest BCUT2D eigenvalue weighted by Crippen LogP contribution is -2.40. The number of benzene rings is 2. The van der Waals surface area contributed by atoms with Gasteiger partial charge in [-0.25, -0.2) is 4.90 Å². The zero-order valence-corrected chi connectivity index (χ0v) is 20.2. The van der Waals surface area contributed by atoms with Crippen LogP contribution in [0.4, 0.5) is 5.69 Å². The van der Waals surface area contributed by atoms with Crippen molar-refractivity contribution in [2.75, 3.05) is 45.4 Å². The van der Waals surface area contributed by atoms with E-state index < -0.39 is 17.4 Å². The number of aryl methyl sites for hydroxylation is 1. The summed E-state index contributed by atoms with van der Waals surface area (Å²) in [6.07, 6.45) is 0. The fraction of sp³-hybridized carbons (Fsp3) is 0.269. The average Bonchev–Trinajstić information content (AvgIpc) is 3.35. The average molecular weight is 491 g/mol. The molecule has 0 bridgehead atoms. The van der Waals surface area contributed by atoms with Crippen LogP contribution in [0.2, 0.25) is 0 Å². The van der Waals surface area contributed by atoms with Crippen LogP contribution in [0.25, 0.3) is 16.8 Å². The molecule has 3 heterocycles. The molecule has 0 saturated carbocycles. The number of aromatic amines is 1. The van der Waals surface area contributed by atoms with E-state index >= 15 is 0 Å². The highest BCUT2D eigenvalue weighted by molar-refractivity contribution is 6.46. The first-order valence-corrected chi connectivity index (χ1v) is 11.5. The van der Waals surface area contributed by atoms with Crippen molar-refractivity contribution in [3.63, 3.8) is 0 Å². The Kier molecular flexibility index (Phi) is 6.11. The minimum absolute atomic E-state index is 0.0670. The summed E-state index contributed by atoms with van der Waals surface area (Å²) in [6.45, 7) is 1.66. The zero-order chi connectivity index (χ0) is 25.4. The number of carbonyl (C=O) groups excluding carboxylic acids is 2. The molecule has 36 heavy (non-hydrogen) atoms. The van der Waals surface area contributed by atoms with E-state index in [1.165, 1.54) is 18.9 Å². The van der Waals surface area contributed by atoms with Gasteiger partial charge >= 0.3 is 0 Å². The van der Waals surface area contributed by atoms with Crippen LogP contribution in [-0.4, -0.2) is 67.0 Å². The van der Waals surface area contributed by atoms with Crippen LogP contribution < -0.4 is 19.9 Å². The molecule has 0 aliphatic carbocycles. The molecule has 0 spiro atoms. The number of carbonyl (C=O) groups is 2. The highest BCUT2D eigenvalue weighted by Gasteiger charge is 2.45. The standard InChI is InChI=1S/C26H26N4O6/c1-28-24(31)20(22(27-28)16-7-5-4-6-8-16)21-23(29-11-13-36-14-12-29)26(33)30(25(21)32)17-9-10-18(34-2)19(15-17)35-3/h4-10,15,27H,11-14H2,1-3H3. The van der Waals surface area contributed by atoms with E-state index in [4.69, 9.17) is 14.2 Å². The smallest absolute Gasteiger partial charge is 0.282 e. The SMILES string of the molecule is COc1ccc(N2C(=O)C(c3c(-c4ccccc4)[nH]n(C)c3=O)=C(N3CCOCC3)C2=O)cc1OC. The topological polar surface area (TPSA) is 106 Å². The van der Waals surface area contributed by atoms with E-state index in [1.807, 2.05) is 35.2 Å². The molecule has 2 amide bonds. The third-order valence-electron chi connectivity index (χ3n) is 6.37.